The second-order valence-electron chi connectivity index (χ2n) is 8.80. The Morgan fingerprint density at radius 3 is 2.46 bits per heavy atom. The molecule has 0 bridgehead atoms. The van der Waals surface area contributed by atoms with Crippen molar-refractivity contribution in [2.45, 2.75) is 13.3 Å². The lowest BCUT2D eigenvalue weighted by Crippen LogP contribution is -2.19. The molecular formula is C29H28ClN3O6. The Bertz CT molecular complexity index is 1480. The van der Waals surface area contributed by atoms with Crippen molar-refractivity contribution in [1.82, 2.24) is 4.98 Å². The average molecular weight is 550 g/mol. The standard InChI is InChI=1S/C29H28ClN3O6/c1-18-16-20(6-9-22(18)30)33-29(34)32-19-4-7-21(8-5-19)39-24-10-11-31-23-17-25(36-13-3-12-35-2)27-28(26(23)24)38-15-14-37-27/h4-11,16-17H,3,12-15H2,1-2H3,(H2,32,33,34). The first-order chi connectivity index (χ1) is 19.0. The summed E-state index contributed by atoms with van der Waals surface area (Å²) in [7, 11) is 1.66. The van der Waals surface area contributed by atoms with E-state index in [2.05, 4.69) is 15.6 Å². The van der Waals surface area contributed by atoms with Crippen molar-refractivity contribution in [2.75, 3.05) is 44.2 Å². The van der Waals surface area contributed by atoms with Gasteiger partial charge in [0.05, 0.1) is 17.5 Å². The minimum atomic E-state index is -0.366. The summed E-state index contributed by atoms with van der Waals surface area (Å²) in [6, 6.07) is 15.6. The number of benzene rings is 3. The minimum absolute atomic E-state index is 0.366. The highest BCUT2D eigenvalue weighted by molar-refractivity contribution is 6.31. The van der Waals surface area contributed by atoms with E-state index in [0.717, 1.165) is 12.0 Å². The summed E-state index contributed by atoms with van der Waals surface area (Å²) in [5.74, 6) is 2.78. The average Bonchev–Trinajstić information content (AvgIpc) is 2.94. The summed E-state index contributed by atoms with van der Waals surface area (Å²) in [6.07, 6.45) is 2.41. The SMILES string of the molecule is COCCCOc1cc2nccc(Oc3ccc(NC(=O)Nc4ccc(Cl)c(C)c4)cc3)c2c2c1OCCO2. The molecule has 1 aromatic heterocycles. The first-order valence-electron chi connectivity index (χ1n) is 12.5. The number of aromatic nitrogens is 1. The Hall–Kier alpha value is -4.21. The first kappa shape index (κ1) is 26.4. The van der Waals surface area contributed by atoms with Crippen molar-refractivity contribution < 1.29 is 28.5 Å². The zero-order valence-corrected chi connectivity index (χ0v) is 22.3. The molecule has 4 aromatic rings. The maximum atomic E-state index is 12.4. The Kier molecular flexibility index (Phi) is 8.19. The molecule has 0 spiro atoms. The van der Waals surface area contributed by atoms with Crippen LogP contribution in [0.15, 0.2) is 60.8 Å². The van der Waals surface area contributed by atoms with E-state index in [1.165, 1.54) is 0 Å². The minimum Gasteiger partial charge on any atom is -0.489 e. The summed E-state index contributed by atoms with van der Waals surface area (Å²) >= 11 is 6.06. The van der Waals surface area contributed by atoms with Gasteiger partial charge in [0.2, 0.25) is 5.75 Å². The van der Waals surface area contributed by atoms with Gasteiger partial charge < -0.3 is 34.3 Å². The Balaban J connectivity index is 1.32. The fourth-order valence-corrected chi connectivity index (χ4v) is 4.22. The molecule has 3 aromatic carbocycles. The molecule has 0 saturated carbocycles. The highest BCUT2D eigenvalue weighted by Gasteiger charge is 2.24. The number of urea groups is 1. The summed E-state index contributed by atoms with van der Waals surface area (Å²) in [6.45, 7) is 3.78. The number of pyridine rings is 1. The molecule has 5 rings (SSSR count). The normalized spacial score (nSPS) is 12.2. The summed E-state index contributed by atoms with van der Waals surface area (Å²) < 4.78 is 29.2. The number of hydrogen-bond acceptors (Lipinski definition) is 7. The number of ether oxygens (including phenoxy) is 5. The molecule has 2 heterocycles. The van der Waals surface area contributed by atoms with Gasteiger partial charge in [-0.3, -0.25) is 4.98 Å². The highest BCUT2D eigenvalue weighted by Crippen LogP contribution is 2.48. The fraction of sp³-hybridized carbons (Fsp3) is 0.241. The highest BCUT2D eigenvalue weighted by atomic mass is 35.5. The van der Waals surface area contributed by atoms with Gasteiger partial charge >= 0.3 is 6.03 Å². The van der Waals surface area contributed by atoms with Crippen molar-refractivity contribution in [2.24, 2.45) is 0 Å². The van der Waals surface area contributed by atoms with Crippen LogP contribution in [0.1, 0.15) is 12.0 Å². The zero-order chi connectivity index (χ0) is 27.2. The van der Waals surface area contributed by atoms with Crippen LogP contribution in [0, 0.1) is 6.92 Å². The van der Waals surface area contributed by atoms with Gasteiger partial charge in [-0.1, -0.05) is 11.6 Å². The molecule has 1 aliphatic rings. The second kappa shape index (κ2) is 12.1. The number of nitrogens with one attached hydrogen (secondary N) is 2. The number of halogens is 1. The van der Waals surface area contributed by atoms with Crippen molar-refractivity contribution >= 4 is 39.9 Å². The van der Waals surface area contributed by atoms with Gasteiger partial charge in [-0.2, -0.15) is 0 Å². The van der Waals surface area contributed by atoms with E-state index in [-0.39, 0.29) is 6.03 Å². The predicted octanol–water partition coefficient (Wildman–Crippen LogP) is 6.82. The third-order valence-corrected chi connectivity index (χ3v) is 6.37. The monoisotopic (exact) mass is 549 g/mol. The van der Waals surface area contributed by atoms with Crippen LogP contribution < -0.4 is 29.6 Å². The Morgan fingerprint density at radius 1 is 0.949 bits per heavy atom. The van der Waals surface area contributed by atoms with E-state index < -0.39 is 0 Å². The molecule has 202 valence electrons. The first-order valence-corrected chi connectivity index (χ1v) is 12.8. The van der Waals surface area contributed by atoms with Gasteiger partial charge in [0.1, 0.15) is 24.7 Å². The quantitative estimate of drug-likeness (QED) is 0.221. The number of nitrogens with zero attached hydrogens (tertiary/aromatic N) is 1. The Labute approximate surface area is 230 Å². The zero-order valence-electron chi connectivity index (χ0n) is 21.6. The van der Waals surface area contributed by atoms with Crippen LogP contribution >= 0.6 is 11.6 Å². The van der Waals surface area contributed by atoms with E-state index >= 15 is 0 Å². The van der Waals surface area contributed by atoms with Crippen LogP contribution in [-0.2, 0) is 4.74 Å². The van der Waals surface area contributed by atoms with Crippen LogP contribution in [0.4, 0.5) is 16.2 Å². The maximum absolute atomic E-state index is 12.4. The van der Waals surface area contributed by atoms with E-state index in [1.807, 2.05) is 19.1 Å². The summed E-state index contributed by atoms with van der Waals surface area (Å²) in [4.78, 5) is 16.9. The number of aryl methyl sites for hydroxylation is 1. The molecule has 2 amide bonds. The van der Waals surface area contributed by atoms with Crippen molar-refractivity contribution in [3.63, 3.8) is 0 Å². The second-order valence-corrected chi connectivity index (χ2v) is 9.20. The number of carbonyl (C=O) groups is 1. The lowest BCUT2D eigenvalue weighted by molar-refractivity contribution is 0.154. The molecule has 0 unspecified atom stereocenters. The number of rotatable bonds is 9. The molecule has 39 heavy (non-hydrogen) atoms. The molecule has 9 nitrogen and oxygen atoms in total. The fourth-order valence-electron chi connectivity index (χ4n) is 4.10. The maximum Gasteiger partial charge on any atom is 0.323 e. The number of carbonyl (C=O) groups excluding carboxylic acids is 1. The van der Waals surface area contributed by atoms with Gasteiger partial charge in [0.15, 0.2) is 11.5 Å². The number of methoxy groups -OCH3 is 1. The molecule has 10 heteroatoms. The van der Waals surface area contributed by atoms with E-state index in [9.17, 15) is 4.79 Å². The molecule has 0 atom stereocenters. The van der Waals surface area contributed by atoms with Crippen LogP contribution in [0.5, 0.6) is 28.7 Å². The molecule has 0 fully saturated rings. The third kappa shape index (κ3) is 6.27. The van der Waals surface area contributed by atoms with Crippen LogP contribution in [-0.4, -0.2) is 44.6 Å². The molecule has 0 saturated heterocycles. The largest absolute Gasteiger partial charge is 0.489 e. The summed E-state index contributed by atoms with van der Waals surface area (Å²) in [5, 5.41) is 6.94. The molecule has 2 N–H and O–H groups in total. The third-order valence-electron chi connectivity index (χ3n) is 5.95. The smallest absolute Gasteiger partial charge is 0.323 e. The van der Waals surface area contributed by atoms with Crippen LogP contribution in [0.25, 0.3) is 10.9 Å². The van der Waals surface area contributed by atoms with Gasteiger partial charge in [-0.25, -0.2) is 4.79 Å². The number of hydrogen-bond donors (Lipinski definition) is 2. The van der Waals surface area contributed by atoms with Crippen molar-refractivity contribution in [1.29, 1.82) is 0 Å². The number of anilines is 2. The van der Waals surface area contributed by atoms with Crippen molar-refractivity contribution in [3.05, 3.63) is 71.4 Å². The predicted molar refractivity (Wildman–Crippen MR) is 150 cm³/mol. The number of amides is 2. The van der Waals surface area contributed by atoms with Gasteiger partial charge in [0, 0.05) is 48.8 Å². The topological polar surface area (TPSA) is 100 Å². The lowest BCUT2D eigenvalue weighted by Gasteiger charge is -2.23. The van der Waals surface area contributed by atoms with E-state index in [1.54, 1.807) is 55.8 Å². The molecule has 0 aliphatic carbocycles. The van der Waals surface area contributed by atoms with Crippen molar-refractivity contribution in [3.8, 4) is 28.7 Å². The van der Waals surface area contributed by atoms with Crippen LogP contribution in [0.3, 0.4) is 0 Å². The Morgan fingerprint density at radius 2 is 1.69 bits per heavy atom. The summed E-state index contributed by atoms with van der Waals surface area (Å²) in [5.41, 5.74) is 2.79. The van der Waals surface area contributed by atoms with E-state index in [4.69, 9.17) is 35.3 Å². The van der Waals surface area contributed by atoms with E-state index in [0.29, 0.717) is 82.5 Å². The number of fused-ring (bicyclic) bond motifs is 3. The molecule has 0 radical (unpaired) electrons. The van der Waals surface area contributed by atoms with Gasteiger partial charge in [-0.15, -0.1) is 0 Å². The lowest BCUT2D eigenvalue weighted by atomic mass is 10.1. The van der Waals surface area contributed by atoms with Gasteiger partial charge in [0.25, 0.3) is 0 Å². The van der Waals surface area contributed by atoms with Crippen LogP contribution in [0.2, 0.25) is 5.02 Å². The van der Waals surface area contributed by atoms with Gasteiger partial charge in [-0.05, 0) is 61.0 Å². The molecular weight excluding hydrogens is 522 g/mol. The molecule has 1 aliphatic heterocycles.